The number of unbranched alkanes of at least 4 members (excludes halogenated alkanes) is 3. The Bertz CT molecular complexity index is 752. The molecule has 0 aromatic heterocycles. The van der Waals surface area contributed by atoms with E-state index in [1.807, 2.05) is 60.7 Å². The second-order valence-corrected chi connectivity index (χ2v) is 8.97. The molecule has 0 spiro atoms. The highest BCUT2D eigenvalue weighted by atomic mass is 16.6. The molecule has 0 aliphatic rings. The topological polar surface area (TPSA) is 55.6 Å². The molecule has 2 N–H and O–H groups in total. The quantitative estimate of drug-likeness (QED) is 0.190. The molecule has 4 heteroatoms. The summed E-state index contributed by atoms with van der Waals surface area (Å²) in [5, 5.41) is 0. The Morgan fingerprint density at radius 3 is 1.85 bits per heavy atom. The van der Waals surface area contributed by atoms with E-state index in [1.165, 1.54) is 6.42 Å². The van der Waals surface area contributed by atoms with Crippen molar-refractivity contribution in [2.75, 3.05) is 13.1 Å². The van der Waals surface area contributed by atoms with Crippen LogP contribution in [0.25, 0.3) is 0 Å². The molecule has 0 radical (unpaired) electrons. The Morgan fingerprint density at radius 1 is 0.848 bits per heavy atom. The van der Waals surface area contributed by atoms with Crippen molar-refractivity contribution in [3.05, 3.63) is 71.8 Å². The molecule has 0 saturated carbocycles. The predicted octanol–water partition coefficient (Wildman–Crippen LogP) is 6.50. The number of nitrogens with two attached hydrogens (primary N) is 1. The van der Waals surface area contributed by atoms with Crippen molar-refractivity contribution in [2.24, 2.45) is 5.73 Å². The molecule has 2 unspecified atom stereocenters. The molecular weight excluding hydrogens is 408 g/mol. The lowest BCUT2D eigenvalue weighted by atomic mass is 9.89. The first-order valence-electron chi connectivity index (χ1n) is 12.9. The molecule has 0 aliphatic carbocycles. The van der Waals surface area contributed by atoms with Gasteiger partial charge in [-0.1, -0.05) is 114 Å². The second-order valence-electron chi connectivity index (χ2n) is 8.97. The van der Waals surface area contributed by atoms with Gasteiger partial charge in [0.25, 0.3) is 0 Å². The molecule has 0 amide bonds. The van der Waals surface area contributed by atoms with Gasteiger partial charge in [-0.2, -0.15) is 0 Å². The standard InChI is InChI=1S/C29H44N2O2/c1-5-9-10-17-23-29(30,26(18-6-2)31(7-3)8-4)33-28(32)27(24-19-13-11-14-20-24)25-21-15-12-16-22-25/h11-16,19-22,26-27H,5-10,17-18,23,30H2,1-4H3. The van der Waals surface area contributed by atoms with Crippen LogP contribution in [0, 0.1) is 0 Å². The average molecular weight is 453 g/mol. The van der Waals surface area contributed by atoms with Crippen LogP contribution in [-0.4, -0.2) is 35.7 Å². The van der Waals surface area contributed by atoms with Crippen molar-refractivity contribution >= 4 is 5.97 Å². The van der Waals surface area contributed by atoms with Crippen LogP contribution in [0.1, 0.15) is 89.7 Å². The summed E-state index contributed by atoms with van der Waals surface area (Å²) >= 11 is 0. The van der Waals surface area contributed by atoms with Crippen molar-refractivity contribution in [1.82, 2.24) is 4.90 Å². The minimum absolute atomic E-state index is 0.00438. The third kappa shape index (κ3) is 7.68. The summed E-state index contributed by atoms with van der Waals surface area (Å²) in [6.45, 7) is 10.5. The largest absolute Gasteiger partial charge is 0.442 e. The van der Waals surface area contributed by atoms with Gasteiger partial charge < -0.3 is 4.74 Å². The van der Waals surface area contributed by atoms with E-state index < -0.39 is 11.6 Å². The van der Waals surface area contributed by atoms with Gasteiger partial charge in [-0.3, -0.25) is 15.4 Å². The summed E-state index contributed by atoms with van der Waals surface area (Å²) in [5.74, 6) is -0.761. The number of likely N-dealkylation sites (N-methyl/N-ethyl adjacent to an activating group) is 1. The van der Waals surface area contributed by atoms with Gasteiger partial charge in [0.05, 0.1) is 6.04 Å². The number of esters is 1. The zero-order valence-corrected chi connectivity index (χ0v) is 21.1. The Labute approximate surface area is 201 Å². The maximum atomic E-state index is 13.8. The van der Waals surface area contributed by atoms with Gasteiger partial charge in [0.1, 0.15) is 5.92 Å². The van der Waals surface area contributed by atoms with Gasteiger partial charge in [-0.05, 0) is 37.1 Å². The molecule has 33 heavy (non-hydrogen) atoms. The molecule has 2 aromatic rings. The summed E-state index contributed by atoms with van der Waals surface area (Å²) in [7, 11) is 0. The monoisotopic (exact) mass is 452 g/mol. The lowest BCUT2D eigenvalue weighted by molar-refractivity contribution is -0.170. The molecule has 4 nitrogen and oxygen atoms in total. The number of nitrogens with zero attached hydrogens (tertiary/aromatic N) is 1. The third-order valence-electron chi connectivity index (χ3n) is 6.59. The first-order valence-corrected chi connectivity index (χ1v) is 12.9. The summed E-state index contributed by atoms with van der Waals surface area (Å²) in [6, 6.07) is 19.8. The fourth-order valence-electron chi connectivity index (χ4n) is 4.79. The first kappa shape index (κ1) is 27.1. The van der Waals surface area contributed by atoms with Crippen molar-refractivity contribution in [1.29, 1.82) is 0 Å². The molecule has 2 aromatic carbocycles. The van der Waals surface area contributed by atoms with Crippen molar-refractivity contribution in [2.45, 2.75) is 90.3 Å². The second kappa shape index (κ2) is 14.2. The van der Waals surface area contributed by atoms with E-state index >= 15 is 0 Å². The maximum Gasteiger partial charge on any atom is 0.319 e. The number of hydrogen-bond donors (Lipinski definition) is 1. The van der Waals surface area contributed by atoms with Crippen molar-refractivity contribution in [3.8, 4) is 0 Å². The number of benzene rings is 2. The lowest BCUT2D eigenvalue weighted by Gasteiger charge is -2.43. The van der Waals surface area contributed by atoms with Crippen molar-refractivity contribution < 1.29 is 9.53 Å². The zero-order valence-electron chi connectivity index (χ0n) is 21.1. The minimum Gasteiger partial charge on any atom is -0.442 e. The van der Waals surface area contributed by atoms with Gasteiger partial charge in [-0.15, -0.1) is 0 Å². The Kier molecular flexibility index (Phi) is 11.6. The SMILES string of the molecule is CCCCCCC(N)(OC(=O)C(c1ccccc1)c1ccccc1)C(CCC)N(CC)CC. The summed E-state index contributed by atoms with van der Waals surface area (Å²) in [5.41, 5.74) is 7.91. The number of hydrogen-bond acceptors (Lipinski definition) is 4. The number of carbonyl (C=O) groups excluding carboxylic acids is 1. The van der Waals surface area contributed by atoms with Crippen LogP contribution in [-0.2, 0) is 9.53 Å². The molecular formula is C29H44N2O2. The van der Waals surface area contributed by atoms with E-state index in [2.05, 4.69) is 32.6 Å². The highest BCUT2D eigenvalue weighted by Gasteiger charge is 2.42. The van der Waals surface area contributed by atoms with Gasteiger partial charge in [0, 0.05) is 6.42 Å². The van der Waals surface area contributed by atoms with Gasteiger partial charge in [-0.25, -0.2) is 0 Å². The minimum atomic E-state index is -1.02. The molecule has 2 rings (SSSR count). The number of ether oxygens (including phenoxy) is 1. The summed E-state index contributed by atoms with van der Waals surface area (Å²) in [4.78, 5) is 16.2. The molecule has 0 bridgehead atoms. The van der Waals surface area contributed by atoms with E-state index in [0.717, 1.165) is 56.3 Å². The fourth-order valence-corrected chi connectivity index (χ4v) is 4.79. The number of rotatable bonds is 15. The molecule has 182 valence electrons. The Balaban J connectivity index is 2.41. The van der Waals surface area contributed by atoms with E-state index in [-0.39, 0.29) is 12.0 Å². The van der Waals surface area contributed by atoms with Gasteiger partial charge >= 0.3 is 5.97 Å². The maximum absolute atomic E-state index is 13.8. The molecule has 0 saturated heterocycles. The van der Waals surface area contributed by atoms with Crippen LogP contribution in [0.4, 0.5) is 0 Å². The molecule has 0 aliphatic heterocycles. The highest BCUT2D eigenvalue weighted by molar-refractivity contribution is 5.82. The van der Waals surface area contributed by atoms with E-state index in [0.29, 0.717) is 6.42 Å². The Hall–Kier alpha value is -2.17. The third-order valence-corrected chi connectivity index (χ3v) is 6.59. The van der Waals surface area contributed by atoms with Crippen LogP contribution in [0.5, 0.6) is 0 Å². The molecule has 0 fully saturated rings. The fraction of sp³-hybridized carbons (Fsp3) is 0.552. The van der Waals surface area contributed by atoms with Crippen LogP contribution >= 0.6 is 0 Å². The normalized spacial score (nSPS) is 14.3. The predicted molar refractivity (Wildman–Crippen MR) is 138 cm³/mol. The van der Waals surface area contributed by atoms with Crippen molar-refractivity contribution in [3.63, 3.8) is 0 Å². The van der Waals surface area contributed by atoms with E-state index in [9.17, 15) is 4.79 Å². The molecule has 0 heterocycles. The Morgan fingerprint density at radius 2 is 1.39 bits per heavy atom. The van der Waals surface area contributed by atoms with E-state index in [4.69, 9.17) is 10.5 Å². The van der Waals surface area contributed by atoms with E-state index in [1.54, 1.807) is 0 Å². The molecule has 2 atom stereocenters. The highest BCUT2D eigenvalue weighted by Crippen LogP contribution is 2.32. The lowest BCUT2D eigenvalue weighted by Crippen LogP contribution is -2.61. The summed E-state index contributed by atoms with van der Waals surface area (Å²) < 4.78 is 6.39. The van der Waals surface area contributed by atoms with Gasteiger partial charge in [0.2, 0.25) is 0 Å². The van der Waals surface area contributed by atoms with Crippen LogP contribution in [0.2, 0.25) is 0 Å². The average Bonchev–Trinajstić information content (AvgIpc) is 2.83. The smallest absolute Gasteiger partial charge is 0.319 e. The van der Waals surface area contributed by atoms with Crippen LogP contribution in [0.3, 0.4) is 0 Å². The first-order chi connectivity index (χ1) is 16.0. The van der Waals surface area contributed by atoms with Crippen LogP contribution in [0.15, 0.2) is 60.7 Å². The van der Waals surface area contributed by atoms with Crippen LogP contribution < -0.4 is 5.73 Å². The summed E-state index contributed by atoms with van der Waals surface area (Å²) in [6.07, 6.45) is 6.97. The number of carbonyl (C=O) groups is 1. The van der Waals surface area contributed by atoms with Gasteiger partial charge in [0.15, 0.2) is 5.72 Å². The zero-order chi connectivity index (χ0) is 24.1.